The number of benzene rings is 3. The molecule has 1 aliphatic heterocycles. The van der Waals surface area contributed by atoms with Gasteiger partial charge in [0.1, 0.15) is 0 Å². The average Bonchev–Trinajstić information content (AvgIpc) is 3.17. The quantitative estimate of drug-likeness (QED) is 0.465. The molecular weight excluding hydrogens is 436 g/mol. The van der Waals surface area contributed by atoms with Crippen LogP contribution in [-0.4, -0.2) is 27.9 Å². The Bertz CT molecular complexity index is 1180. The highest BCUT2D eigenvalue weighted by Crippen LogP contribution is 2.35. The number of carboxylic acid groups (broad SMARTS) is 1. The number of amides is 1. The normalized spacial score (nSPS) is 19.9. The third-order valence-corrected chi connectivity index (χ3v) is 7.03. The van der Waals surface area contributed by atoms with Crippen LogP contribution in [0, 0.1) is 5.92 Å². The van der Waals surface area contributed by atoms with Crippen LogP contribution >= 0.6 is 11.6 Å². The summed E-state index contributed by atoms with van der Waals surface area (Å²) < 4.78 is 0. The lowest BCUT2D eigenvalue weighted by Gasteiger charge is -2.33. The van der Waals surface area contributed by atoms with E-state index in [-0.39, 0.29) is 17.9 Å². The number of rotatable bonds is 5. The number of carboxylic acids is 1. The third-order valence-electron chi connectivity index (χ3n) is 6.78. The second-order valence-corrected chi connectivity index (χ2v) is 9.29. The first-order chi connectivity index (χ1) is 16.0. The van der Waals surface area contributed by atoms with Crippen molar-refractivity contribution in [2.45, 2.75) is 38.3 Å². The maximum Gasteiger partial charge on any atom is 0.306 e. The highest BCUT2D eigenvalue weighted by molar-refractivity contribution is 6.30. The van der Waals surface area contributed by atoms with Gasteiger partial charge in [-0.3, -0.25) is 9.59 Å². The van der Waals surface area contributed by atoms with Crippen LogP contribution < -0.4 is 5.32 Å². The van der Waals surface area contributed by atoms with E-state index in [0.717, 1.165) is 46.5 Å². The van der Waals surface area contributed by atoms with E-state index < -0.39 is 5.97 Å². The van der Waals surface area contributed by atoms with E-state index in [0.29, 0.717) is 24.4 Å². The molecule has 2 N–H and O–H groups in total. The molecule has 6 heteroatoms. The van der Waals surface area contributed by atoms with Crippen molar-refractivity contribution in [1.29, 1.82) is 0 Å². The second kappa shape index (κ2) is 8.91. The van der Waals surface area contributed by atoms with Gasteiger partial charge in [-0.25, -0.2) is 0 Å². The molecule has 0 spiro atoms. The molecule has 33 heavy (non-hydrogen) atoms. The molecule has 5 rings (SSSR count). The van der Waals surface area contributed by atoms with Crippen molar-refractivity contribution < 1.29 is 14.7 Å². The van der Waals surface area contributed by atoms with Crippen molar-refractivity contribution in [3.63, 3.8) is 0 Å². The van der Waals surface area contributed by atoms with Gasteiger partial charge in [0.25, 0.3) is 5.91 Å². The summed E-state index contributed by atoms with van der Waals surface area (Å²) in [5, 5.41) is 13.3. The Kier molecular flexibility index (Phi) is 5.81. The lowest BCUT2D eigenvalue weighted by Crippen LogP contribution is -2.39. The fourth-order valence-corrected chi connectivity index (χ4v) is 5.00. The lowest BCUT2D eigenvalue weighted by molar-refractivity contribution is -0.143. The minimum absolute atomic E-state index is 0.0617. The zero-order valence-corrected chi connectivity index (χ0v) is 18.9. The van der Waals surface area contributed by atoms with Crippen LogP contribution in [0.5, 0.6) is 0 Å². The van der Waals surface area contributed by atoms with E-state index in [2.05, 4.69) is 11.4 Å². The first-order valence-electron chi connectivity index (χ1n) is 11.3. The van der Waals surface area contributed by atoms with Gasteiger partial charge in [0.05, 0.1) is 5.92 Å². The van der Waals surface area contributed by atoms with Crippen LogP contribution in [0.4, 0.5) is 11.4 Å². The van der Waals surface area contributed by atoms with Gasteiger partial charge in [0.15, 0.2) is 0 Å². The fraction of sp³-hybridized carbons (Fsp3) is 0.259. The van der Waals surface area contributed by atoms with Gasteiger partial charge >= 0.3 is 5.97 Å². The van der Waals surface area contributed by atoms with Crippen LogP contribution in [0.1, 0.15) is 41.6 Å². The highest BCUT2D eigenvalue weighted by atomic mass is 35.5. The molecule has 2 aliphatic rings. The van der Waals surface area contributed by atoms with Crippen molar-refractivity contribution in [2.75, 3.05) is 5.32 Å². The molecule has 5 nitrogen and oxygen atoms in total. The van der Waals surface area contributed by atoms with Crippen molar-refractivity contribution in [3.05, 3.63) is 82.9 Å². The second-order valence-electron chi connectivity index (χ2n) is 8.86. The van der Waals surface area contributed by atoms with Crippen LogP contribution in [0.3, 0.4) is 0 Å². The number of hydrogen-bond acceptors (Lipinski definition) is 3. The summed E-state index contributed by atoms with van der Waals surface area (Å²) in [6, 6.07) is 21.9. The molecule has 1 saturated carbocycles. The van der Waals surface area contributed by atoms with E-state index in [4.69, 9.17) is 11.6 Å². The molecule has 1 aliphatic carbocycles. The van der Waals surface area contributed by atoms with Crippen molar-refractivity contribution in [2.24, 2.45) is 5.92 Å². The minimum atomic E-state index is -0.719. The van der Waals surface area contributed by atoms with Crippen molar-refractivity contribution in [3.8, 4) is 11.1 Å². The fourth-order valence-electron chi connectivity index (χ4n) is 4.88. The molecule has 0 atom stereocenters. The molecule has 0 radical (unpaired) electrons. The molecule has 3 aromatic carbocycles. The maximum atomic E-state index is 13.2. The molecule has 1 heterocycles. The Morgan fingerprint density at radius 3 is 2.12 bits per heavy atom. The first-order valence-corrected chi connectivity index (χ1v) is 11.7. The van der Waals surface area contributed by atoms with Gasteiger partial charge in [0, 0.05) is 34.5 Å². The molecular formula is C27H25ClN2O3. The summed E-state index contributed by atoms with van der Waals surface area (Å²) in [5.74, 6) is -0.930. The summed E-state index contributed by atoms with van der Waals surface area (Å²) >= 11 is 5.95. The number of carbonyl (C=O) groups is 2. The monoisotopic (exact) mass is 460 g/mol. The standard InChI is InChI=1S/C27H25ClN2O3/c28-21-7-11-23(12-8-21)29-22-9-3-17(4-10-22)19-1-2-20-16-30(26(31)25(20)15-19)24-13-5-18(6-14-24)27(32)33/h1-4,7-12,15,18,24,29H,5-6,13-14,16H2,(H,32,33)/t18-,24-. The zero-order chi connectivity index (χ0) is 22.9. The van der Waals surface area contributed by atoms with E-state index in [1.54, 1.807) is 0 Å². The minimum Gasteiger partial charge on any atom is -0.481 e. The van der Waals surface area contributed by atoms with Gasteiger partial charge in [0.2, 0.25) is 0 Å². The van der Waals surface area contributed by atoms with Crippen LogP contribution in [0.25, 0.3) is 11.1 Å². The SMILES string of the molecule is O=C1c2cc(-c3ccc(Nc4ccc(Cl)cc4)cc3)ccc2CN1[C@H]1CC[C@H](C(=O)O)CC1. The van der Waals surface area contributed by atoms with Crippen LogP contribution in [0.15, 0.2) is 66.7 Å². The highest BCUT2D eigenvalue weighted by Gasteiger charge is 2.36. The Balaban J connectivity index is 1.28. The molecule has 0 saturated heterocycles. The smallest absolute Gasteiger partial charge is 0.306 e. The number of aliphatic carboxylic acids is 1. The molecule has 0 bridgehead atoms. The van der Waals surface area contributed by atoms with E-state index >= 15 is 0 Å². The topological polar surface area (TPSA) is 69.6 Å². The molecule has 0 aromatic heterocycles. The number of anilines is 2. The molecule has 1 fully saturated rings. The lowest BCUT2D eigenvalue weighted by atomic mass is 9.85. The van der Waals surface area contributed by atoms with Gasteiger partial charge in [-0.1, -0.05) is 35.9 Å². The summed E-state index contributed by atoms with van der Waals surface area (Å²) in [7, 11) is 0. The summed E-state index contributed by atoms with van der Waals surface area (Å²) in [5.41, 5.74) is 5.81. The Labute approximate surface area is 198 Å². The van der Waals surface area contributed by atoms with Gasteiger partial charge in [-0.05, 0) is 84.8 Å². The molecule has 168 valence electrons. The third kappa shape index (κ3) is 4.46. The predicted octanol–water partition coefficient (Wildman–Crippen LogP) is 6.35. The predicted molar refractivity (Wildman–Crippen MR) is 130 cm³/mol. The zero-order valence-electron chi connectivity index (χ0n) is 18.1. The molecule has 0 unspecified atom stereocenters. The Hall–Kier alpha value is -3.31. The van der Waals surface area contributed by atoms with Crippen molar-refractivity contribution in [1.82, 2.24) is 4.90 Å². The largest absolute Gasteiger partial charge is 0.481 e. The number of fused-ring (bicyclic) bond motifs is 1. The Morgan fingerprint density at radius 1 is 0.879 bits per heavy atom. The number of halogens is 1. The van der Waals surface area contributed by atoms with Crippen molar-refractivity contribution >= 4 is 34.9 Å². The van der Waals surface area contributed by atoms with Gasteiger partial charge < -0.3 is 15.3 Å². The summed E-state index contributed by atoms with van der Waals surface area (Å²) in [6.45, 7) is 0.612. The molecule has 3 aromatic rings. The number of nitrogens with zero attached hydrogens (tertiary/aromatic N) is 1. The maximum absolute atomic E-state index is 13.2. The number of hydrogen-bond donors (Lipinski definition) is 2. The van der Waals surface area contributed by atoms with Gasteiger partial charge in [-0.15, -0.1) is 0 Å². The number of carbonyl (C=O) groups excluding carboxylic acids is 1. The van der Waals surface area contributed by atoms with Crippen LogP contribution in [-0.2, 0) is 11.3 Å². The first kappa shape index (κ1) is 21.5. The van der Waals surface area contributed by atoms with E-state index in [9.17, 15) is 14.7 Å². The number of nitrogens with one attached hydrogen (secondary N) is 1. The summed E-state index contributed by atoms with van der Waals surface area (Å²) in [4.78, 5) is 26.3. The Morgan fingerprint density at radius 2 is 1.48 bits per heavy atom. The van der Waals surface area contributed by atoms with E-state index in [1.165, 1.54) is 0 Å². The van der Waals surface area contributed by atoms with Gasteiger partial charge in [-0.2, -0.15) is 0 Å². The average molecular weight is 461 g/mol. The molecule has 1 amide bonds. The van der Waals surface area contributed by atoms with Crippen LogP contribution in [0.2, 0.25) is 5.02 Å². The summed E-state index contributed by atoms with van der Waals surface area (Å²) in [6.07, 6.45) is 2.79. The van der Waals surface area contributed by atoms with E-state index in [1.807, 2.05) is 65.6 Å².